The third-order valence-electron chi connectivity index (χ3n) is 1.91. The summed E-state index contributed by atoms with van der Waals surface area (Å²) in [5, 5.41) is 2.67. The molecule has 1 N–H and O–H groups in total. The van der Waals surface area contributed by atoms with Gasteiger partial charge in [-0.2, -0.15) is 0 Å². The van der Waals surface area contributed by atoms with E-state index in [4.69, 9.17) is 13.9 Å². The van der Waals surface area contributed by atoms with E-state index in [0.29, 0.717) is 12.3 Å². The van der Waals surface area contributed by atoms with E-state index in [0.717, 1.165) is 0 Å². The zero-order chi connectivity index (χ0) is 11.1. The normalized spacial score (nSPS) is 10.6. The average Bonchev–Trinajstić information content (AvgIpc) is 2.72. The summed E-state index contributed by atoms with van der Waals surface area (Å²) >= 11 is 0. The van der Waals surface area contributed by atoms with Crippen LogP contribution < -0.4 is 5.32 Å². The lowest BCUT2D eigenvalue weighted by atomic mass is 10.3. The number of carbonyl (C=O) groups is 1. The van der Waals surface area contributed by atoms with Gasteiger partial charge in [0.1, 0.15) is 5.76 Å². The largest absolute Gasteiger partial charge is 0.469 e. The molecule has 5 nitrogen and oxygen atoms in total. The number of ether oxygens (including phenoxy) is 2. The first-order valence-corrected chi connectivity index (χ1v) is 4.61. The fraction of sp³-hybridized carbons (Fsp3) is 0.500. The van der Waals surface area contributed by atoms with Crippen molar-refractivity contribution in [3.63, 3.8) is 0 Å². The minimum absolute atomic E-state index is 0.121. The third-order valence-corrected chi connectivity index (χ3v) is 1.91. The number of rotatable bonds is 6. The van der Waals surface area contributed by atoms with Crippen molar-refractivity contribution in [3.05, 3.63) is 24.2 Å². The lowest BCUT2D eigenvalue weighted by molar-refractivity contribution is -0.127. The standard InChI is InChI=1S/C10H15NO4/c1-13-10(14-2)7-11-9(12)6-8-4-3-5-15-8/h3-5,10H,6-7H2,1-2H3,(H,11,12). The molecule has 0 atom stereocenters. The quantitative estimate of drug-likeness (QED) is 0.701. The van der Waals surface area contributed by atoms with E-state index in [1.54, 1.807) is 12.1 Å². The molecular weight excluding hydrogens is 198 g/mol. The van der Waals surface area contributed by atoms with Crippen LogP contribution in [0.3, 0.4) is 0 Å². The highest BCUT2D eigenvalue weighted by Gasteiger charge is 2.09. The Bertz CT molecular complexity index is 280. The Morgan fingerprint density at radius 3 is 2.80 bits per heavy atom. The summed E-state index contributed by atoms with van der Waals surface area (Å²) in [5.74, 6) is 0.517. The molecule has 15 heavy (non-hydrogen) atoms. The predicted molar refractivity (Wildman–Crippen MR) is 53.2 cm³/mol. The fourth-order valence-corrected chi connectivity index (χ4v) is 1.09. The van der Waals surface area contributed by atoms with Crippen molar-refractivity contribution in [1.29, 1.82) is 0 Å². The monoisotopic (exact) mass is 213 g/mol. The van der Waals surface area contributed by atoms with Crippen LogP contribution in [-0.2, 0) is 20.7 Å². The van der Waals surface area contributed by atoms with Crippen LogP contribution in [0.4, 0.5) is 0 Å². The van der Waals surface area contributed by atoms with Crippen LogP contribution in [0, 0.1) is 0 Å². The van der Waals surface area contributed by atoms with Gasteiger partial charge in [-0.15, -0.1) is 0 Å². The molecule has 0 aliphatic carbocycles. The van der Waals surface area contributed by atoms with Crippen LogP contribution in [0.25, 0.3) is 0 Å². The van der Waals surface area contributed by atoms with Crippen molar-refractivity contribution in [2.75, 3.05) is 20.8 Å². The Morgan fingerprint density at radius 2 is 2.27 bits per heavy atom. The van der Waals surface area contributed by atoms with E-state index in [1.165, 1.54) is 20.5 Å². The van der Waals surface area contributed by atoms with Crippen LogP contribution in [0.1, 0.15) is 5.76 Å². The summed E-state index contributed by atoms with van der Waals surface area (Å²) in [6.45, 7) is 0.326. The van der Waals surface area contributed by atoms with Crippen LogP contribution in [-0.4, -0.2) is 33.0 Å². The first-order valence-electron chi connectivity index (χ1n) is 4.61. The van der Waals surface area contributed by atoms with Gasteiger partial charge >= 0.3 is 0 Å². The summed E-state index contributed by atoms with van der Waals surface area (Å²) in [4.78, 5) is 11.4. The van der Waals surface area contributed by atoms with Crippen molar-refractivity contribution < 1.29 is 18.7 Å². The highest BCUT2D eigenvalue weighted by atomic mass is 16.7. The maximum absolute atomic E-state index is 11.4. The van der Waals surface area contributed by atoms with Crippen molar-refractivity contribution in [1.82, 2.24) is 5.32 Å². The lowest BCUT2D eigenvalue weighted by Crippen LogP contribution is -2.34. The van der Waals surface area contributed by atoms with Gasteiger partial charge in [-0.05, 0) is 12.1 Å². The molecule has 0 aromatic carbocycles. The highest BCUT2D eigenvalue weighted by molar-refractivity contribution is 5.77. The highest BCUT2D eigenvalue weighted by Crippen LogP contribution is 2.00. The average molecular weight is 213 g/mol. The van der Waals surface area contributed by atoms with E-state index in [2.05, 4.69) is 5.32 Å². The molecule has 1 aromatic rings. The molecule has 5 heteroatoms. The molecule has 1 amide bonds. The second kappa shape index (κ2) is 6.21. The number of hydrogen-bond acceptors (Lipinski definition) is 4. The molecule has 84 valence electrons. The number of methoxy groups -OCH3 is 2. The maximum Gasteiger partial charge on any atom is 0.227 e. The van der Waals surface area contributed by atoms with Gasteiger partial charge in [0.25, 0.3) is 0 Å². The number of hydrogen-bond donors (Lipinski definition) is 1. The fourth-order valence-electron chi connectivity index (χ4n) is 1.09. The van der Waals surface area contributed by atoms with E-state index < -0.39 is 6.29 Å². The van der Waals surface area contributed by atoms with E-state index in [-0.39, 0.29) is 12.3 Å². The molecule has 1 rings (SSSR count). The molecule has 0 saturated carbocycles. The Balaban J connectivity index is 2.24. The Morgan fingerprint density at radius 1 is 1.53 bits per heavy atom. The summed E-state index contributed by atoms with van der Waals surface area (Å²) < 4.78 is 14.9. The number of furan rings is 1. The number of carbonyl (C=O) groups excluding carboxylic acids is 1. The second-order valence-electron chi connectivity index (χ2n) is 2.96. The molecule has 0 fully saturated rings. The van der Waals surface area contributed by atoms with Crippen LogP contribution in [0.2, 0.25) is 0 Å². The van der Waals surface area contributed by atoms with Crippen molar-refractivity contribution >= 4 is 5.91 Å². The first kappa shape index (κ1) is 11.7. The minimum atomic E-state index is -0.412. The molecule has 0 aliphatic rings. The topological polar surface area (TPSA) is 60.7 Å². The number of amides is 1. The number of nitrogens with one attached hydrogen (secondary N) is 1. The van der Waals surface area contributed by atoms with Gasteiger partial charge in [0.05, 0.1) is 19.2 Å². The first-order chi connectivity index (χ1) is 7.26. The summed E-state index contributed by atoms with van der Waals surface area (Å²) in [6, 6.07) is 3.50. The smallest absolute Gasteiger partial charge is 0.227 e. The molecule has 0 spiro atoms. The zero-order valence-electron chi connectivity index (χ0n) is 8.86. The minimum Gasteiger partial charge on any atom is -0.469 e. The van der Waals surface area contributed by atoms with Crippen molar-refractivity contribution in [3.8, 4) is 0 Å². The molecule has 0 radical (unpaired) electrons. The maximum atomic E-state index is 11.4. The molecule has 0 unspecified atom stereocenters. The zero-order valence-corrected chi connectivity index (χ0v) is 8.86. The van der Waals surface area contributed by atoms with Crippen LogP contribution >= 0.6 is 0 Å². The molecule has 0 saturated heterocycles. The molecule has 1 aromatic heterocycles. The van der Waals surface area contributed by atoms with Crippen LogP contribution in [0.15, 0.2) is 22.8 Å². The van der Waals surface area contributed by atoms with Crippen LogP contribution in [0.5, 0.6) is 0 Å². The SMILES string of the molecule is COC(CNC(=O)Cc1ccco1)OC. The van der Waals surface area contributed by atoms with E-state index >= 15 is 0 Å². The van der Waals surface area contributed by atoms with Gasteiger partial charge < -0.3 is 19.2 Å². The van der Waals surface area contributed by atoms with Crippen molar-refractivity contribution in [2.45, 2.75) is 12.7 Å². The Hall–Kier alpha value is -1.33. The Kier molecular flexibility index (Phi) is 4.86. The summed E-state index contributed by atoms with van der Waals surface area (Å²) in [6.07, 6.45) is 1.36. The predicted octanol–water partition coefficient (Wildman–Crippen LogP) is 0.557. The van der Waals surface area contributed by atoms with Crippen molar-refractivity contribution in [2.24, 2.45) is 0 Å². The van der Waals surface area contributed by atoms with E-state index in [1.807, 2.05) is 0 Å². The van der Waals surface area contributed by atoms with Gasteiger partial charge in [0, 0.05) is 14.2 Å². The van der Waals surface area contributed by atoms with Gasteiger partial charge in [-0.3, -0.25) is 4.79 Å². The molecule has 0 aliphatic heterocycles. The lowest BCUT2D eigenvalue weighted by Gasteiger charge is -2.13. The van der Waals surface area contributed by atoms with E-state index in [9.17, 15) is 4.79 Å². The van der Waals surface area contributed by atoms with Gasteiger partial charge in [-0.1, -0.05) is 0 Å². The molecule has 0 bridgehead atoms. The second-order valence-corrected chi connectivity index (χ2v) is 2.96. The molecular formula is C10H15NO4. The summed E-state index contributed by atoms with van der Waals surface area (Å²) in [7, 11) is 3.04. The van der Waals surface area contributed by atoms with Gasteiger partial charge in [0.2, 0.25) is 5.91 Å². The van der Waals surface area contributed by atoms with Gasteiger partial charge in [0.15, 0.2) is 6.29 Å². The molecule has 1 heterocycles. The Labute approximate surface area is 88.4 Å². The van der Waals surface area contributed by atoms with Gasteiger partial charge in [-0.25, -0.2) is 0 Å². The summed E-state index contributed by atoms with van der Waals surface area (Å²) in [5.41, 5.74) is 0. The third kappa shape index (κ3) is 4.14.